The number of allylic oxidation sites excluding steroid dienone is 1. The highest BCUT2D eigenvalue weighted by molar-refractivity contribution is 8.04. The van der Waals surface area contributed by atoms with Gasteiger partial charge in [0.15, 0.2) is 0 Å². The predicted octanol–water partition coefficient (Wildman–Crippen LogP) is 4.89. The highest BCUT2D eigenvalue weighted by atomic mass is 35.5. The van der Waals surface area contributed by atoms with Gasteiger partial charge in [0, 0.05) is 35.2 Å². The van der Waals surface area contributed by atoms with E-state index in [1.165, 1.54) is 11.8 Å². The summed E-state index contributed by atoms with van der Waals surface area (Å²) in [6, 6.07) is 5.31. The van der Waals surface area contributed by atoms with Crippen molar-refractivity contribution in [3.63, 3.8) is 0 Å². The Labute approximate surface area is 182 Å². The number of hydrogen-bond acceptors (Lipinski definition) is 5. The summed E-state index contributed by atoms with van der Waals surface area (Å²) >= 11 is 20.3. The van der Waals surface area contributed by atoms with Crippen LogP contribution in [0.1, 0.15) is 12.0 Å². The molecule has 0 aliphatic carbocycles. The minimum atomic E-state index is -1.04. The van der Waals surface area contributed by atoms with Crippen molar-refractivity contribution >= 4 is 46.6 Å². The van der Waals surface area contributed by atoms with Crippen LogP contribution in [0.4, 0.5) is 0 Å². The van der Waals surface area contributed by atoms with Gasteiger partial charge >= 0.3 is 0 Å². The van der Waals surface area contributed by atoms with Crippen LogP contribution in [0.3, 0.4) is 0 Å². The molecule has 0 spiro atoms. The van der Waals surface area contributed by atoms with Gasteiger partial charge in [-0.25, -0.2) is 4.98 Å². The van der Waals surface area contributed by atoms with Crippen LogP contribution in [0.2, 0.25) is 10.0 Å². The molecule has 2 aliphatic rings. The van der Waals surface area contributed by atoms with Crippen LogP contribution in [-0.2, 0) is 21.8 Å². The number of nitrogens with zero attached hydrogens (tertiary/aromatic N) is 2. The number of aromatic nitrogens is 2. The lowest BCUT2D eigenvalue weighted by molar-refractivity contribution is -0.186. The topological polar surface area (TPSA) is 62.3 Å². The normalized spacial score (nSPS) is 25.2. The quantitative estimate of drug-likeness (QED) is 0.691. The van der Waals surface area contributed by atoms with Crippen molar-refractivity contribution in [3.05, 3.63) is 74.2 Å². The number of nitrogens with two attached hydrogens (primary N) is 1. The van der Waals surface area contributed by atoms with Crippen molar-refractivity contribution in [2.75, 3.05) is 12.4 Å². The molecule has 2 atom stereocenters. The Morgan fingerprint density at radius 3 is 2.93 bits per heavy atom. The first-order valence-electron chi connectivity index (χ1n) is 8.67. The Morgan fingerprint density at radius 2 is 2.18 bits per heavy atom. The SMILES string of the molecule is NC1=C(Cl)SCC=C1C[C@@H]1CO[C@@](Cn2ccnc2)(c2ccc(Cl)cc2Cl)O1. The van der Waals surface area contributed by atoms with Crippen molar-refractivity contribution < 1.29 is 9.47 Å². The number of imidazole rings is 1. The fraction of sp³-hybridized carbons (Fsp3) is 0.316. The molecule has 1 aromatic carbocycles. The fourth-order valence-corrected chi connectivity index (χ4v) is 4.94. The van der Waals surface area contributed by atoms with Crippen molar-refractivity contribution in [3.8, 4) is 0 Å². The zero-order chi connectivity index (χ0) is 19.7. The number of ether oxygens (including phenoxy) is 2. The lowest BCUT2D eigenvalue weighted by atomic mass is 10.0. The van der Waals surface area contributed by atoms with Gasteiger partial charge in [0.1, 0.15) is 0 Å². The van der Waals surface area contributed by atoms with Gasteiger partial charge in [-0.3, -0.25) is 0 Å². The number of benzene rings is 1. The van der Waals surface area contributed by atoms with E-state index in [4.69, 9.17) is 50.0 Å². The van der Waals surface area contributed by atoms with Gasteiger partial charge in [0.05, 0.1) is 40.7 Å². The summed E-state index contributed by atoms with van der Waals surface area (Å²) in [7, 11) is 0. The number of thioether (sulfide) groups is 1. The maximum atomic E-state index is 6.49. The lowest BCUT2D eigenvalue weighted by Crippen LogP contribution is -2.34. The molecule has 148 valence electrons. The van der Waals surface area contributed by atoms with Gasteiger partial charge in [-0.15, -0.1) is 11.8 Å². The minimum Gasteiger partial charge on any atom is -0.397 e. The van der Waals surface area contributed by atoms with Crippen molar-refractivity contribution in [1.29, 1.82) is 0 Å². The minimum absolute atomic E-state index is 0.187. The van der Waals surface area contributed by atoms with Crippen molar-refractivity contribution in [1.82, 2.24) is 9.55 Å². The molecule has 1 fully saturated rings. The molecule has 9 heteroatoms. The summed E-state index contributed by atoms with van der Waals surface area (Å²) in [5, 5.41) is 1.04. The van der Waals surface area contributed by atoms with E-state index in [-0.39, 0.29) is 6.10 Å². The highest BCUT2D eigenvalue weighted by Crippen LogP contribution is 2.42. The summed E-state index contributed by atoms with van der Waals surface area (Å²) in [6.07, 6.45) is 7.79. The molecular formula is C19H18Cl3N3O2S. The smallest absolute Gasteiger partial charge is 0.215 e. The van der Waals surface area contributed by atoms with Gasteiger partial charge in [-0.1, -0.05) is 46.9 Å². The second-order valence-corrected chi connectivity index (χ2v) is 9.07. The molecular weight excluding hydrogens is 441 g/mol. The summed E-state index contributed by atoms with van der Waals surface area (Å²) in [6.45, 7) is 0.814. The molecule has 0 bridgehead atoms. The van der Waals surface area contributed by atoms with Crippen molar-refractivity contribution in [2.45, 2.75) is 24.9 Å². The lowest BCUT2D eigenvalue weighted by Gasteiger charge is -2.30. The molecule has 2 aliphatic heterocycles. The van der Waals surface area contributed by atoms with Crippen molar-refractivity contribution in [2.24, 2.45) is 5.73 Å². The van der Waals surface area contributed by atoms with Crippen LogP contribution in [-0.4, -0.2) is 28.0 Å². The van der Waals surface area contributed by atoms with Crippen LogP contribution in [0.15, 0.2) is 58.6 Å². The Hall–Kier alpha value is -1.15. The zero-order valence-corrected chi connectivity index (χ0v) is 17.9. The van der Waals surface area contributed by atoms with Gasteiger partial charge in [-0.2, -0.15) is 0 Å². The van der Waals surface area contributed by atoms with E-state index in [2.05, 4.69) is 11.1 Å². The first kappa shape index (κ1) is 20.1. The summed E-state index contributed by atoms with van der Waals surface area (Å²) in [5.41, 5.74) is 8.46. The largest absolute Gasteiger partial charge is 0.397 e. The van der Waals surface area contributed by atoms with Crippen LogP contribution in [0.25, 0.3) is 0 Å². The second-order valence-electron chi connectivity index (χ2n) is 6.59. The molecule has 4 rings (SSSR count). The molecule has 5 nitrogen and oxygen atoms in total. The molecule has 0 amide bonds. The monoisotopic (exact) mass is 457 g/mol. The standard InChI is InChI=1S/C19H18Cl3N3O2S/c20-13-1-2-15(16(21)8-13)19(10-25-5-4-24-11-25)26-9-14(27-19)7-12-3-6-28-18(22)17(12)23/h1-5,8,11,14H,6-7,9-10,23H2/t14-,19-/m1/s1. The van der Waals surface area contributed by atoms with E-state index in [9.17, 15) is 0 Å². The fourth-order valence-electron chi connectivity index (χ4n) is 3.36. The third kappa shape index (κ3) is 4.08. The van der Waals surface area contributed by atoms with E-state index in [0.29, 0.717) is 39.7 Å². The van der Waals surface area contributed by atoms with Gasteiger partial charge in [0.2, 0.25) is 5.79 Å². The molecule has 1 aromatic heterocycles. The molecule has 2 aromatic rings. The predicted molar refractivity (Wildman–Crippen MR) is 113 cm³/mol. The Morgan fingerprint density at radius 1 is 1.32 bits per heavy atom. The van der Waals surface area contributed by atoms with Crippen LogP contribution in [0.5, 0.6) is 0 Å². The number of rotatable bonds is 5. The van der Waals surface area contributed by atoms with Crippen LogP contribution >= 0.6 is 46.6 Å². The molecule has 0 radical (unpaired) electrons. The van der Waals surface area contributed by atoms with E-state index >= 15 is 0 Å². The molecule has 28 heavy (non-hydrogen) atoms. The number of hydrogen-bond donors (Lipinski definition) is 1. The average molecular weight is 459 g/mol. The zero-order valence-electron chi connectivity index (χ0n) is 14.8. The van der Waals surface area contributed by atoms with E-state index < -0.39 is 5.79 Å². The van der Waals surface area contributed by atoms with E-state index in [1.807, 2.05) is 16.8 Å². The molecule has 1 saturated heterocycles. The highest BCUT2D eigenvalue weighted by Gasteiger charge is 2.45. The first-order valence-corrected chi connectivity index (χ1v) is 10.8. The Balaban J connectivity index is 1.61. The third-order valence-corrected chi connectivity index (χ3v) is 6.58. The molecule has 0 unspecified atom stereocenters. The molecule has 0 saturated carbocycles. The molecule has 2 N–H and O–H groups in total. The van der Waals surface area contributed by atoms with E-state index in [1.54, 1.807) is 24.7 Å². The third-order valence-electron chi connectivity index (χ3n) is 4.70. The van der Waals surface area contributed by atoms with Gasteiger partial charge in [-0.05, 0) is 17.7 Å². The van der Waals surface area contributed by atoms with Crippen LogP contribution < -0.4 is 5.73 Å². The number of halogens is 3. The molecule has 3 heterocycles. The summed E-state index contributed by atoms with van der Waals surface area (Å²) < 4.78 is 15.2. The summed E-state index contributed by atoms with van der Waals surface area (Å²) in [4.78, 5) is 4.11. The van der Waals surface area contributed by atoms with Gasteiger partial charge < -0.3 is 19.8 Å². The van der Waals surface area contributed by atoms with E-state index in [0.717, 1.165) is 16.9 Å². The first-order chi connectivity index (χ1) is 13.5. The Kier molecular flexibility index (Phi) is 5.97. The van der Waals surface area contributed by atoms with Crippen LogP contribution in [0, 0.1) is 0 Å². The maximum absolute atomic E-state index is 6.49. The maximum Gasteiger partial charge on any atom is 0.215 e. The Bertz CT molecular complexity index is 933. The second kappa shape index (κ2) is 8.30. The average Bonchev–Trinajstić information content (AvgIpc) is 3.30. The summed E-state index contributed by atoms with van der Waals surface area (Å²) in [5.74, 6) is -0.245. The van der Waals surface area contributed by atoms with Gasteiger partial charge in [0.25, 0.3) is 0 Å².